The number of carbonyl (C=O) groups excluding carboxylic acids is 2. The van der Waals surface area contributed by atoms with Crippen molar-refractivity contribution >= 4 is 22.6 Å². The van der Waals surface area contributed by atoms with E-state index in [1.807, 2.05) is 48.5 Å². The minimum absolute atomic E-state index is 0.0745. The van der Waals surface area contributed by atoms with Crippen molar-refractivity contribution in [3.8, 4) is 0 Å². The molecule has 0 heterocycles. The van der Waals surface area contributed by atoms with E-state index in [1.54, 1.807) is 0 Å². The normalized spacial score (nSPS) is 25.6. The molecule has 198 valence electrons. The van der Waals surface area contributed by atoms with Gasteiger partial charge in [0.25, 0.3) is 0 Å². The summed E-state index contributed by atoms with van der Waals surface area (Å²) in [7, 11) is -0.190. The van der Waals surface area contributed by atoms with Crippen LogP contribution in [0.25, 0.3) is 0 Å². The van der Waals surface area contributed by atoms with Crippen LogP contribution in [-0.2, 0) is 25.2 Å². The van der Waals surface area contributed by atoms with Gasteiger partial charge in [-0.25, -0.2) is 9.18 Å². The molecule has 3 nitrogen and oxygen atoms in total. The summed E-state index contributed by atoms with van der Waals surface area (Å²) < 4.78 is 44.2. The molecule has 0 spiro atoms. The van der Waals surface area contributed by atoms with Crippen molar-refractivity contribution in [1.29, 1.82) is 0 Å². The zero-order valence-corrected chi connectivity index (χ0v) is 21.9. The average molecular weight is 540 g/mol. The van der Waals surface area contributed by atoms with E-state index in [4.69, 9.17) is 4.74 Å². The van der Waals surface area contributed by atoms with Gasteiger partial charge >= 0.3 is 11.9 Å². The minimum Gasteiger partial charge on any atom is -0.455 e. The van der Waals surface area contributed by atoms with Crippen molar-refractivity contribution in [2.45, 2.75) is 65.2 Å². The smallest absolute Gasteiger partial charge is 0.377 e. The minimum atomic E-state index is -3.45. The highest BCUT2D eigenvalue weighted by atomic mass is 32.2. The molecule has 7 heteroatoms. The van der Waals surface area contributed by atoms with Gasteiger partial charge in [0.1, 0.15) is 17.2 Å². The van der Waals surface area contributed by atoms with E-state index in [0.29, 0.717) is 32.1 Å². The number of carbonyl (C=O) groups is 2. The predicted octanol–water partition coefficient (Wildman–Crippen LogP) is 7.25. The molecule has 0 aromatic heterocycles. The quantitative estimate of drug-likeness (QED) is 0.253. The number of rotatable bonds is 5. The largest absolute Gasteiger partial charge is 0.455 e. The summed E-state index contributed by atoms with van der Waals surface area (Å²) in [6.45, 7) is 0.557. The van der Waals surface area contributed by atoms with Crippen LogP contribution in [0.15, 0.2) is 99.6 Å². The van der Waals surface area contributed by atoms with E-state index in [9.17, 15) is 22.8 Å². The van der Waals surface area contributed by atoms with E-state index < -0.39 is 17.5 Å². The van der Waals surface area contributed by atoms with Crippen LogP contribution >= 0.6 is 0 Å². The number of Topliss-reactive ketones (excluding diaryl/α,β-unsaturated/α-hetero) is 1. The number of alkyl halides is 2. The van der Waals surface area contributed by atoms with Crippen LogP contribution in [0.5, 0.6) is 0 Å². The number of esters is 1. The molecule has 38 heavy (non-hydrogen) atoms. The maximum Gasteiger partial charge on any atom is 0.377 e. The molecule has 0 amide bonds. The fourth-order valence-corrected chi connectivity index (χ4v) is 8.26. The Labute approximate surface area is 223 Å². The molecular weight excluding hydrogens is 509 g/mol. The van der Waals surface area contributed by atoms with Gasteiger partial charge in [-0.15, -0.1) is 0 Å². The standard InChI is InChI=1S/C18H14FS.C13H16F2O3/c19-15-11-13-18(14-12-15)20(16-7-3-1-4-8-16)17-9-5-2-6-10-17;1-12(14,15)11(17)18-13-4-7-2-8(5-13)10(16)9(3-7)6-13/h1-14H;7-9H,2-6H2,1H3/q+1;. The molecule has 0 saturated heterocycles. The summed E-state index contributed by atoms with van der Waals surface area (Å²) in [6.07, 6.45) is 3.23. The van der Waals surface area contributed by atoms with E-state index in [2.05, 4.69) is 24.3 Å². The van der Waals surface area contributed by atoms with Crippen molar-refractivity contribution in [1.82, 2.24) is 0 Å². The SMILES string of the molecule is CC(F)(F)C(=O)OC12CC3CC(C1)C(=O)C(C3)C2.Fc1ccc([S+](c2ccccc2)c2ccccc2)cc1. The molecular formula is C31H30F3O3S+. The molecule has 2 atom stereocenters. The molecule has 4 fully saturated rings. The monoisotopic (exact) mass is 539 g/mol. The first kappa shape index (κ1) is 26.5. The molecule has 7 rings (SSSR count). The summed E-state index contributed by atoms with van der Waals surface area (Å²) in [5.74, 6) is -4.63. The molecule has 0 aliphatic heterocycles. The first-order valence-corrected chi connectivity index (χ1v) is 14.1. The third-order valence-electron chi connectivity index (χ3n) is 7.61. The molecule has 4 bridgehead atoms. The van der Waals surface area contributed by atoms with E-state index >= 15 is 0 Å². The Kier molecular flexibility index (Phi) is 7.40. The second kappa shape index (κ2) is 10.6. The number of ketones is 1. The Bertz CT molecular complexity index is 1220. The lowest BCUT2D eigenvalue weighted by Crippen LogP contribution is -2.57. The second-order valence-corrected chi connectivity index (χ2v) is 12.6. The van der Waals surface area contributed by atoms with Crippen molar-refractivity contribution in [3.63, 3.8) is 0 Å². The topological polar surface area (TPSA) is 43.4 Å². The van der Waals surface area contributed by atoms with Crippen LogP contribution in [0.1, 0.15) is 39.0 Å². The molecule has 3 aromatic carbocycles. The third kappa shape index (κ3) is 5.68. The Morgan fingerprint density at radius 1 is 0.816 bits per heavy atom. The third-order valence-corrected chi connectivity index (χ3v) is 9.84. The average Bonchev–Trinajstić information content (AvgIpc) is 2.89. The van der Waals surface area contributed by atoms with Gasteiger partial charge in [-0.2, -0.15) is 8.78 Å². The lowest BCUT2D eigenvalue weighted by Gasteiger charge is -2.54. The van der Waals surface area contributed by atoms with Crippen molar-refractivity contribution in [3.05, 3.63) is 90.7 Å². The van der Waals surface area contributed by atoms with Gasteiger partial charge in [-0.3, -0.25) is 4.79 Å². The van der Waals surface area contributed by atoms with Gasteiger partial charge in [-0.1, -0.05) is 36.4 Å². The second-order valence-electron chi connectivity index (χ2n) is 10.6. The van der Waals surface area contributed by atoms with Crippen LogP contribution in [0.4, 0.5) is 13.2 Å². The zero-order valence-electron chi connectivity index (χ0n) is 21.1. The molecule has 2 unspecified atom stereocenters. The highest BCUT2D eigenvalue weighted by Crippen LogP contribution is 2.55. The maximum atomic E-state index is 13.2. The molecule has 4 aliphatic carbocycles. The molecule has 4 aliphatic rings. The Morgan fingerprint density at radius 3 is 1.76 bits per heavy atom. The van der Waals surface area contributed by atoms with Crippen LogP contribution in [0.2, 0.25) is 0 Å². The van der Waals surface area contributed by atoms with Crippen molar-refractivity contribution in [2.24, 2.45) is 17.8 Å². The molecule has 0 radical (unpaired) electrons. The van der Waals surface area contributed by atoms with Crippen molar-refractivity contribution in [2.75, 3.05) is 0 Å². The van der Waals surface area contributed by atoms with Gasteiger partial charge in [0, 0.05) is 18.8 Å². The first-order chi connectivity index (χ1) is 18.1. The number of benzene rings is 3. The fourth-order valence-electron chi connectivity index (χ4n) is 6.18. The lowest BCUT2D eigenvalue weighted by atomic mass is 9.53. The van der Waals surface area contributed by atoms with Crippen LogP contribution in [0, 0.1) is 23.6 Å². The summed E-state index contributed by atoms with van der Waals surface area (Å²) in [5.41, 5.74) is -0.791. The fraction of sp³-hybridized carbons (Fsp3) is 0.355. The van der Waals surface area contributed by atoms with Gasteiger partial charge < -0.3 is 4.74 Å². The van der Waals surface area contributed by atoms with Gasteiger partial charge in [0.15, 0.2) is 14.7 Å². The lowest BCUT2D eigenvalue weighted by molar-refractivity contribution is -0.207. The number of halogens is 3. The van der Waals surface area contributed by atoms with Crippen LogP contribution in [-0.4, -0.2) is 23.3 Å². The molecule has 4 saturated carbocycles. The summed E-state index contributed by atoms with van der Waals surface area (Å²) in [6, 6.07) is 27.5. The van der Waals surface area contributed by atoms with Gasteiger partial charge in [0.05, 0.1) is 10.9 Å². The maximum absolute atomic E-state index is 13.2. The van der Waals surface area contributed by atoms with Crippen LogP contribution < -0.4 is 0 Å². The number of ether oxygens (including phenoxy) is 1. The van der Waals surface area contributed by atoms with Gasteiger partial charge in [-0.05, 0) is 86.6 Å². The number of hydrogen-bond acceptors (Lipinski definition) is 3. The highest BCUT2D eigenvalue weighted by Gasteiger charge is 2.58. The number of hydrogen-bond donors (Lipinski definition) is 0. The van der Waals surface area contributed by atoms with Crippen molar-refractivity contribution < 1.29 is 27.5 Å². The summed E-state index contributed by atoms with van der Waals surface area (Å²) in [4.78, 5) is 26.9. The Balaban J connectivity index is 0.000000156. The van der Waals surface area contributed by atoms with E-state index in [1.165, 1.54) is 21.9 Å². The summed E-state index contributed by atoms with van der Waals surface area (Å²) >= 11 is 0. The van der Waals surface area contributed by atoms with Crippen LogP contribution in [0.3, 0.4) is 0 Å². The molecule has 0 N–H and O–H groups in total. The zero-order chi connectivity index (χ0) is 26.9. The predicted molar refractivity (Wildman–Crippen MR) is 139 cm³/mol. The summed E-state index contributed by atoms with van der Waals surface area (Å²) in [5, 5.41) is 0. The Morgan fingerprint density at radius 2 is 1.29 bits per heavy atom. The highest BCUT2D eigenvalue weighted by molar-refractivity contribution is 7.97. The first-order valence-electron chi connectivity index (χ1n) is 12.9. The van der Waals surface area contributed by atoms with E-state index in [0.717, 1.165) is 17.7 Å². The Hall–Kier alpha value is -3.06. The van der Waals surface area contributed by atoms with Gasteiger partial charge in [0.2, 0.25) is 0 Å². The molecule has 3 aromatic rings. The van der Waals surface area contributed by atoms with E-state index in [-0.39, 0.29) is 34.3 Å².